The van der Waals surface area contributed by atoms with Crippen LogP contribution in [0.1, 0.15) is 25.0 Å². The molecule has 0 saturated heterocycles. The molecule has 0 N–H and O–H groups in total. The fourth-order valence-corrected chi connectivity index (χ4v) is 3.10. The minimum atomic E-state index is -0.265. The Balaban J connectivity index is 1.92. The number of rotatable bonds is 2. The third kappa shape index (κ3) is 3.03. The molecule has 106 valence electrons. The lowest BCUT2D eigenvalue weighted by molar-refractivity contribution is -0.142. The molecule has 0 amide bonds. The van der Waals surface area contributed by atoms with Gasteiger partial charge in [0.05, 0.1) is 11.7 Å². The van der Waals surface area contributed by atoms with E-state index in [0.29, 0.717) is 5.57 Å². The Labute approximate surface area is 128 Å². The van der Waals surface area contributed by atoms with E-state index in [1.54, 1.807) is 11.8 Å². The highest BCUT2D eigenvalue weighted by Crippen LogP contribution is 2.37. The van der Waals surface area contributed by atoms with E-state index in [1.807, 2.05) is 37.5 Å². The molecule has 2 nitrogen and oxygen atoms in total. The first-order valence-electron chi connectivity index (χ1n) is 6.92. The molecule has 1 aromatic rings. The molecule has 3 rings (SSSR count). The van der Waals surface area contributed by atoms with Gasteiger partial charge in [0.1, 0.15) is 0 Å². The van der Waals surface area contributed by atoms with Gasteiger partial charge in [-0.2, -0.15) is 0 Å². The number of esters is 1. The Hall–Kier alpha value is -2.00. The summed E-state index contributed by atoms with van der Waals surface area (Å²) in [6, 6.07) is 8.25. The van der Waals surface area contributed by atoms with E-state index in [9.17, 15) is 4.79 Å². The summed E-state index contributed by atoms with van der Waals surface area (Å²) in [5.41, 5.74) is 4.04. The number of ether oxygens (including phenoxy) is 1. The van der Waals surface area contributed by atoms with Crippen molar-refractivity contribution in [3.63, 3.8) is 0 Å². The third-order valence-corrected chi connectivity index (χ3v) is 4.19. The van der Waals surface area contributed by atoms with Crippen LogP contribution in [0.5, 0.6) is 0 Å². The van der Waals surface area contributed by atoms with Gasteiger partial charge in [-0.15, -0.1) is 0 Å². The van der Waals surface area contributed by atoms with Gasteiger partial charge in [-0.25, -0.2) is 4.79 Å². The lowest BCUT2D eigenvalue weighted by Crippen LogP contribution is -2.13. The average molecular weight is 296 g/mol. The molecule has 0 unspecified atom stereocenters. The van der Waals surface area contributed by atoms with Crippen molar-refractivity contribution in [2.75, 3.05) is 0 Å². The maximum Gasteiger partial charge on any atom is 0.338 e. The van der Waals surface area contributed by atoms with E-state index in [0.717, 1.165) is 10.5 Å². The second-order valence-electron chi connectivity index (χ2n) is 5.22. The first kappa shape index (κ1) is 14.0. The van der Waals surface area contributed by atoms with Crippen LogP contribution in [0.2, 0.25) is 0 Å². The Morgan fingerprint density at radius 2 is 1.86 bits per heavy atom. The van der Waals surface area contributed by atoms with Crippen molar-refractivity contribution in [1.82, 2.24) is 0 Å². The van der Waals surface area contributed by atoms with Crippen molar-refractivity contribution in [3.8, 4) is 0 Å². The zero-order chi connectivity index (χ0) is 14.8. The first-order chi connectivity index (χ1) is 10.1. The van der Waals surface area contributed by atoms with E-state index in [2.05, 4.69) is 30.4 Å². The number of hydrogen-bond donors (Lipinski definition) is 0. The summed E-state index contributed by atoms with van der Waals surface area (Å²) in [7, 11) is 0. The minimum Gasteiger partial charge on any atom is -0.459 e. The van der Waals surface area contributed by atoms with E-state index < -0.39 is 0 Å². The van der Waals surface area contributed by atoms with Crippen molar-refractivity contribution >= 4 is 29.9 Å². The summed E-state index contributed by atoms with van der Waals surface area (Å²) in [5, 5.41) is 1.86. The molecule has 0 saturated carbocycles. The van der Waals surface area contributed by atoms with E-state index in [-0.39, 0.29) is 12.1 Å². The third-order valence-electron chi connectivity index (χ3n) is 3.21. The molecule has 1 aliphatic carbocycles. The van der Waals surface area contributed by atoms with Crippen LogP contribution in [0, 0.1) is 0 Å². The quantitative estimate of drug-likeness (QED) is 0.748. The Morgan fingerprint density at radius 1 is 1.10 bits per heavy atom. The van der Waals surface area contributed by atoms with Crippen LogP contribution in [-0.4, -0.2) is 12.1 Å². The molecule has 0 atom stereocenters. The highest BCUT2D eigenvalue weighted by molar-refractivity contribution is 8.06. The normalized spacial score (nSPS) is 16.2. The summed E-state index contributed by atoms with van der Waals surface area (Å²) in [6.45, 7) is 3.71. The van der Waals surface area contributed by atoms with Gasteiger partial charge in [0.25, 0.3) is 0 Å². The van der Waals surface area contributed by atoms with Gasteiger partial charge in [-0.1, -0.05) is 48.2 Å². The average Bonchev–Trinajstić information content (AvgIpc) is 2.64. The molecular formula is C18H16O2S. The Bertz CT molecular complexity index is 706. The predicted octanol–water partition coefficient (Wildman–Crippen LogP) is 4.56. The fraction of sp³-hybridized carbons (Fsp3) is 0.167. The topological polar surface area (TPSA) is 26.3 Å². The standard InChI is InChI=1S/C18H16O2S/c1-12(2)20-18(19)16-9-15-8-7-13-5-3-4-6-14(13)10-17(15)21-11-16/h3-12H,1-2H3. The van der Waals surface area contributed by atoms with E-state index in [1.165, 1.54) is 11.1 Å². The summed E-state index contributed by atoms with van der Waals surface area (Å²) < 4.78 is 5.25. The van der Waals surface area contributed by atoms with Crippen LogP contribution in [-0.2, 0) is 9.53 Å². The SMILES string of the molecule is CC(C)OC(=O)C1=CSC2=Cc3ccccc3C=CC2=C1. The molecule has 1 aromatic carbocycles. The van der Waals surface area contributed by atoms with Crippen LogP contribution in [0.4, 0.5) is 0 Å². The van der Waals surface area contributed by atoms with Crippen LogP contribution >= 0.6 is 11.8 Å². The molecule has 0 bridgehead atoms. The summed E-state index contributed by atoms with van der Waals surface area (Å²) in [4.78, 5) is 13.1. The molecule has 1 heterocycles. The van der Waals surface area contributed by atoms with Crippen molar-refractivity contribution in [2.45, 2.75) is 20.0 Å². The van der Waals surface area contributed by atoms with E-state index >= 15 is 0 Å². The lowest BCUT2D eigenvalue weighted by Gasteiger charge is -2.14. The van der Waals surface area contributed by atoms with Crippen molar-refractivity contribution in [2.24, 2.45) is 0 Å². The second kappa shape index (κ2) is 5.78. The van der Waals surface area contributed by atoms with Crippen LogP contribution in [0.25, 0.3) is 12.2 Å². The Kier molecular flexibility index (Phi) is 3.84. The molecule has 0 radical (unpaired) electrons. The Morgan fingerprint density at radius 3 is 2.62 bits per heavy atom. The fourth-order valence-electron chi connectivity index (χ4n) is 2.22. The number of fused-ring (bicyclic) bond motifs is 2. The minimum absolute atomic E-state index is 0.104. The van der Waals surface area contributed by atoms with Gasteiger partial charge in [-0.3, -0.25) is 0 Å². The highest BCUT2D eigenvalue weighted by Gasteiger charge is 2.18. The van der Waals surface area contributed by atoms with Gasteiger partial charge in [0.15, 0.2) is 0 Å². The molecule has 0 spiro atoms. The van der Waals surface area contributed by atoms with Crippen LogP contribution < -0.4 is 0 Å². The van der Waals surface area contributed by atoms with Gasteiger partial charge < -0.3 is 4.74 Å². The number of hydrogen-bond acceptors (Lipinski definition) is 3. The molecule has 3 heteroatoms. The zero-order valence-electron chi connectivity index (χ0n) is 12.0. The van der Waals surface area contributed by atoms with Gasteiger partial charge >= 0.3 is 5.97 Å². The van der Waals surface area contributed by atoms with Crippen LogP contribution in [0.15, 0.2) is 57.9 Å². The van der Waals surface area contributed by atoms with Crippen molar-refractivity contribution in [1.29, 1.82) is 0 Å². The van der Waals surface area contributed by atoms with Crippen molar-refractivity contribution < 1.29 is 9.53 Å². The van der Waals surface area contributed by atoms with E-state index in [4.69, 9.17) is 4.74 Å². The molecule has 0 aromatic heterocycles. The first-order valence-corrected chi connectivity index (χ1v) is 7.80. The zero-order valence-corrected chi connectivity index (χ0v) is 12.8. The van der Waals surface area contributed by atoms with Gasteiger partial charge in [-0.05, 0) is 48.1 Å². The molecule has 2 aliphatic rings. The van der Waals surface area contributed by atoms with Crippen LogP contribution in [0.3, 0.4) is 0 Å². The largest absolute Gasteiger partial charge is 0.459 e. The molecule has 0 fully saturated rings. The van der Waals surface area contributed by atoms with Gasteiger partial charge in [0, 0.05) is 4.91 Å². The molecule has 21 heavy (non-hydrogen) atoms. The summed E-state index contributed by atoms with van der Waals surface area (Å²) in [6.07, 6.45) is 8.09. The molecule has 1 aliphatic heterocycles. The summed E-state index contributed by atoms with van der Waals surface area (Å²) >= 11 is 1.57. The van der Waals surface area contributed by atoms with Crippen molar-refractivity contribution in [3.05, 3.63) is 69.0 Å². The number of allylic oxidation sites excluding steroid dienone is 2. The van der Waals surface area contributed by atoms with Gasteiger partial charge in [0.2, 0.25) is 0 Å². The number of benzene rings is 1. The number of carbonyl (C=O) groups is 1. The maximum atomic E-state index is 12.0. The second-order valence-corrected chi connectivity index (χ2v) is 6.13. The maximum absolute atomic E-state index is 12.0. The monoisotopic (exact) mass is 296 g/mol. The number of carbonyl (C=O) groups excluding carboxylic acids is 1. The highest BCUT2D eigenvalue weighted by atomic mass is 32.2. The smallest absolute Gasteiger partial charge is 0.338 e. The number of thioether (sulfide) groups is 1. The molecular weight excluding hydrogens is 280 g/mol. The lowest BCUT2D eigenvalue weighted by atomic mass is 10.1. The predicted molar refractivity (Wildman–Crippen MR) is 88.4 cm³/mol. The summed E-state index contributed by atoms with van der Waals surface area (Å²) in [5.74, 6) is -0.265.